The third kappa shape index (κ3) is 1.51. The number of rotatable bonds is 2. The minimum atomic E-state index is 0.0707. The Hall–Kier alpha value is -1.58. The van der Waals surface area contributed by atoms with Crippen LogP contribution in [0.25, 0.3) is 0 Å². The van der Waals surface area contributed by atoms with Gasteiger partial charge in [-0.3, -0.25) is 4.98 Å². The van der Waals surface area contributed by atoms with Gasteiger partial charge >= 0.3 is 0 Å². The van der Waals surface area contributed by atoms with Crippen molar-refractivity contribution in [3.63, 3.8) is 0 Å². The van der Waals surface area contributed by atoms with Crippen molar-refractivity contribution in [3.8, 4) is 0 Å². The van der Waals surface area contributed by atoms with Crippen LogP contribution in [0.15, 0.2) is 64.5 Å². The van der Waals surface area contributed by atoms with Gasteiger partial charge in [0.1, 0.15) is 12.2 Å². The fraction of sp³-hybridized carbons (Fsp3) is 0.133. The van der Waals surface area contributed by atoms with E-state index in [-0.39, 0.29) is 12.2 Å². The van der Waals surface area contributed by atoms with Crippen molar-refractivity contribution in [3.05, 3.63) is 66.0 Å². The van der Waals surface area contributed by atoms with Gasteiger partial charge in [0.15, 0.2) is 0 Å². The number of pyridine rings is 1. The Morgan fingerprint density at radius 3 is 2.72 bits per heavy atom. The lowest BCUT2D eigenvalue weighted by Gasteiger charge is -2.11. The molecule has 2 aromatic rings. The molecule has 0 fully saturated rings. The largest absolute Gasteiger partial charge is 0.356 e. The van der Waals surface area contributed by atoms with Crippen LogP contribution in [0.3, 0.4) is 0 Å². The van der Waals surface area contributed by atoms with Crippen molar-refractivity contribution in [2.24, 2.45) is 0 Å². The fourth-order valence-corrected chi connectivity index (χ4v) is 3.47. The molecule has 3 heterocycles. The molecule has 1 aromatic carbocycles. The predicted octanol–water partition coefficient (Wildman–Crippen LogP) is 3.92. The van der Waals surface area contributed by atoms with E-state index >= 15 is 0 Å². The van der Waals surface area contributed by atoms with Crippen LogP contribution in [-0.2, 0) is 4.74 Å². The monoisotopic (exact) mass is 253 g/mol. The minimum absolute atomic E-state index is 0.0707. The van der Waals surface area contributed by atoms with E-state index in [1.165, 1.54) is 15.4 Å². The number of hydrogen-bond donors (Lipinski definition) is 0. The van der Waals surface area contributed by atoms with E-state index in [1.54, 1.807) is 11.8 Å². The molecule has 0 N–H and O–H groups in total. The van der Waals surface area contributed by atoms with Gasteiger partial charge < -0.3 is 4.74 Å². The molecule has 2 atom stereocenters. The summed E-state index contributed by atoms with van der Waals surface area (Å²) in [6.45, 7) is 0. The smallest absolute Gasteiger partial charge is 0.119 e. The molecule has 2 unspecified atom stereocenters. The lowest BCUT2D eigenvalue weighted by molar-refractivity contribution is 0.0858. The Morgan fingerprint density at radius 1 is 1.00 bits per heavy atom. The van der Waals surface area contributed by atoms with Gasteiger partial charge in [0.25, 0.3) is 0 Å². The normalized spacial score (nSPS) is 23.3. The molecular formula is C15H11NOS. The van der Waals surface area contributed by atoms with Crippen molar-refractivity contribution in [1.82, 2.24) is 4.98 Å². The molecule has 0 amide bonds. The van der Waals surface area contributed by atoms with Crippen molar-refractivity contribution < 1.29 is 4.74 Å². The van der Waals surface area contributed by atoms with Crippen molar-refractivity contribution in [2.75, 3.05) is 0 Å². The van der Waals surface area contributed by atoms with E-state index in [2.05, 4.69) is 47.5 Å². The maximum Gasteiger partial charge on any atom is 0.119 e. The van der Waals surface area contributed by atoms with Crippen LogP contribution in [0.5, 0.6) is 0 Å². The lowest BCUT2D eigenvalue weighted by Crippen LogP contribution is -1.98. The molecule has 2 aliphatic heterocycles. The van der Waals surface area contributed by atoms with E-state index in [1.807, 2.05) is 12.3 Å². The quantitative estimate of drug-likeness (QED) is 0.757. The first-order chi connectivity index (χ1) is 8.92. The predicted molar refractivity (Wildman–Crippen MR) is 70.5 cm³/mol. The second kappa shape index (κ2) is 3.97. The highest BCUT2D eigenvalue weighted by atomic mass is 32.2. The average Bonchev–Trinajstić information content (AvgIpc) is 3.02. The number of ether oxygens (including phenoxy) is 1. The molecule has 3 heteroatoms. The molecule has 2 nitrogen and oxygen atoms in total. The first-order valence-corrected chi connectivity index (χ1v) is 6.79. The number of fused-ring (bicyclic) bond motifs is 5. The Balaban J connectivity index is 1.76. The summed E-state index contributed by atoms with van der Waals surface area (Å²) in [6.07, 6.45) is 6.27. The topological polar surface area (TPSA) is 22.1 Å². The van der Waals surface area contributed by atoms with Gasteiger partial charge in [-0.1, -0.05) is 42.1 Å². The highest BCUT2D eigenvalue weighted by molar-refractivity contribution is 7.99. The van der Waals surface area contributed by atoms with E-state index in [0.717, 1.165) is 5.69 Å². The van der Waals surface area contributed by atoms with Crippen LogP contribution < -0.4 is 0 Å². The minimum Gasteiger partial charge on any atom is -0.356 e. The van der Waals surface area contributed by atoms with Crippen LogP contribution in [0.2, 0.25) is 0 Å². The summed E-state index contributed by atoms with van der Waals surface area (Å²) in [7, 11) is 0. The summed E-state index contributed by atoms with van der Waals surface area (Å²) < 4.78 is 5.83. The van der Waals surface area contributed by atoms with Crippen LogP contribution in [0.1, 0.15) is 23.5 Å². The Kier molecular flexibility index (Phi) is 2.28. The zero-order valence-corrected chi connectivity index (χ0v) is 10.4. The molecule has 0 saturated carbocycles. The number of benzene rings is 1. The highest BCUT2D eigenvalue weighted by Gasteiger charge is 2.36. The molecular weight excluding hydrogens is 242 g/mol. The molecule has 2 bridgehead atoms. The zero-order valence-electron chi connectivity index (χ0n) is 9.61. The highest BCUT2D eigenvalue weighted by Crippen LogP contribution is 2.49. The van der Waals surface area contributed by atoms with Crippen LogP contribution in [0, 0.1) is 0 Å². The maximum absolute atomic E-state index is 5.83. The van der Waals surface area contributed by atoms with E-state index < -0.39 is 0 Å². The number of hydrogen-bond acceptors (Lipinski definition) is 3. The summed E-state index contributed by atoms with van der Waals surface area (Å²) in [4.78, 5) is 6.96. The molecule has 1 aromatic heterocycles. The van der Waals surface area contributed by atoms with Gasteiger partial charge in [-0.05, 0) is 18.2 Å². The third-order valence-electron chi connectivity index (χ3n) is 3.26. The number of aromatic nitrogens is 1. The second-order valence-electron chi connectivity index (χ2n) is 4.39. The van der Waals surface area contributed by atoms with E-state index in [0.29, 0.717) is 0 Å². The molecule has 0 radical (unpaired) electrons. The molecule has 88 valence electrons. The Morgan fingerprint density at radius 2 is 1.83 bits per heavy atom. The fourth-order valence-electron chi connectivity index (χ4n) is 2.46. The van der Waals surface area contributed by atoms with Crippen LogP contribution >= 0.6 is 11.8 Å². The van der Waals surface area contributed by atoms with Crippen LogP contribution in [-0.4, -0.2) is 4.98 Å². The van der Waals surface area contributed by atoms with E-state index in [9.17, 15) is 0 Å². The Labute approximate surface area is 110 Å². The average molecular weight is 253 g/mol. The zero-order chi connectivity index (χ0) is 11.9. The first kappa shape index (κ1) is 10.4. The van der Waals surface area contributed by atoms with E-state index in [4.69, 9.17) is 4.74 Å². The van der Waals surface area contributed by atoms with Crippen LogP contribution in [0.4, 0.5) is 0 Å². The molecule has 0 spiro atoms. The van der Waals surface area contributed by atoms with Gasteiger partial charge in [-0.25, -0.2) is 0 Å². The lowest BCUT2D eigenvalue weighted by atomic mass is 10.0. The second-order valence-corrected chi connectivity index (χ2v) is 5.50. The van der Waals surface area contributed by atoms with Gasteiger partial charge in [0, 0.05) is 21.6 Å². The van der Waals surface area contributed by atoms with Gasteiger partial charge in [0.2, 0.25) is 0 Å². The molecule has 18 heavy (non-hydrogen) atoms. The number of nitrogens with zero attached hydrogens (tertiary/aromatic N) is 1. The standard InChI is InChI=1S/C15H11NOS/c1-2-4-10(5-3-1)18-13-8-9-16-15-12-7-6-11(17-12)14(13)15/h1-9,11-12H. The molecule has 0 aliphatic carbocycles. The van der Waals surface area contributed by atoms with Gasteiger partial charge in [-0.15, -0.1) is 0 Å². The summed E-state index contributed by atoms with van der Waals surface area (Å²) in [5.41, 5.74) is 2.34. The summed E-state index contributed by atoms with van der Waals surface area (Å²) in [6, 6.07) is 12.5. The van der Waals surface area contributed by atoms with Gasteiger partial charge in [0.05, 0.1) is 5.69 Å². The van der Waals surface area contributed by atoms with Gasteiger partial charge in [-0.2, -0.15) is 0 Å². The molecule has 4 rings (SSSR count). The summed E-state index contributed by atoms with van der Waals surface area (Å²) in [5.74, 6) is 0. The van der Waals surface area contributed by atoms with Crippen molar-refractivity contribution >= 4 is 11.8 Å². The van der Waals surface area contributed by atoms with Crippen molar-refractivity contribution in [2.45, 2.75) is 22.0 Å². The maximum atomic E-state index is 5.83. The SMILES string of the molecule is C1=CC2OC1c1nccc(Sc3ccccc3)c12. The molecule has 0 saturated heterocycles. The Bertz CT molecular complexity index is 624. The summed E-state index contributed by atoms with van der Waals surface area (Å²) in [5, 5.41) is 0. The van der Waals surface area contributed by atoms with Crippen molar-refractivity contribution in [1.29, 1.82) is 0 Å². The summed E-state index contributed by atoms with van der Waals surface area (Å²) >= 11 is 1.78. The third-order valence-corrected chi connectivity index (χ3v) is 4.34. The first-order valence-electron chi connectivity index (χ1n) is 5.97. The molecule has 2 aliphatic rings.